The summed E-state index contributed by atoms with van der Waals surface area (Å²) in [6.07, 6.45) is 5.01. The molecule has 2 N–H and O–H groups in total. The number of fused-ring (bicyclic) bond motifs is 1. The molecule has 82 valence electrons. The Morgan fingerprint density at radius 2 is 2.07 bits per heavy atom. The highest BCUT2D eigenvalue weighted by molar-refractivity contribution is 5.50. The fourth-order valence-electron chi connectivity index (χ4n) is 2.61. The molecule has 2 heteroatoms. The Kier molecular flexibility index (Phi) is 2.96. The Morgan fingerprint density at radius 3 is 2.73 bits per heavy atom. The van der Waals surface area contributed by atoms with Gasteiger partial charge in [-0.1, -0.05) is 6.07 Å². The molecule has 0 heterocycles. The normalized spacial score (nSPS) is 14.9. The Bertz CT molecular complexity index is 357. The molecule has 2 nitrogen and oxygen atoms in total. The van der Waals surface area contributed by atoms with Crippen LogP contribution in [-0.4, -0.2) is 7.11 Å². The van der Waals surface area contributed by atoms with Crippen molar-refractivity contribution in [1.82, 2.24) is 0 Å². The van der Waals surface area contributed by atoms with Crippen LogP contribution < -0.4 is 10.5 Å². The number of hydrogen-bond acceptors (Lipinski definition) is 2. The smallest absolute Gasteiger partial charge is 0.126 e. The average molecular weight is 205 g/mol. The third-order valence-electron chi connectivity index (χ3n) is 3.37. The minimum atomic E-state index is 0.567. The van der Waals surface area contributed by atoms with E-state index in [9.17, 15) is 0 Å². The van der Waals surface area contributed by atoms with E-state index in [0.29, 0.717) is 6.54 Å². The zero-order valence-corrected chi connectivity index (χ0v) is 9.60. The molecular formula is C13H19NO. The lowest BCUT2D eigenvalue weighted by molar-refractivity contribution is 0.405. The highest BCUT2D eigenvalue weighted by Crippen LogP contribution is 2.33. The van der Waals surface area contributed by atoms with Crippen LogP contribution in [0, 0.1) is 6.92 Å². The molecule has 0 aromatic heterocycles. The second-order valence-corrected chi connectivity index (χ2v) is 4.24. The van der Waals surface area contributed by atoms with Gasteiger partial charge in [0.2, 0.25) is 0 Å². The van der Waals surface area contributed by atoms with Crippen molar-refractivity contribution in [3.63, 3.8) is 0 Å². The molecule has 0 fully saturated rings. The molecule has 1 aliphatic rings. The maximum atomic E-state index is 5.75. The van der Waals surface area contributed by atoms with Crippen molar-refractivity contribution in [2.24, 2.45) is 5.73 Å². The van der Waals surface area contributed by atoms with Crippen molar-refractivity contribution in [3.8, 4) is 5.75 Å². The number of hydrogen-bond donors (Lipinski definition) is 1. The van der Waals surface area contributed by atoms with Crippen LogP contribution in [0.4, 0.5) is 0 Å². The fraction of sp³-hybridized carbons (Fsp3) is 0.538. The first-order valence-electron chi connectivity index (χ1n) is 5.66. The van der Waals surface area contributed by atoms with E-state index in [1.54, 1.807) is 7.11 Å². The number of benzene rings is 1. The Morgan fingerprint density at radius 1 is 1.33 bits per heavy atom. The summed E-state index contributed by atoms with van der Waals surface area (Å²) in [6, 6.07) is 2.24. The molecular weight excluding hydrogens is 186 g/mol. The zero-order valence-electron chi connectivity index (χ0n) is 9.60. The maximum absolute atomic E-state index is 5.75. The van der Waals surface area contributed by atoms with Crippen LogP contribution in [-0.2, 0) is 19.4 Å². The van der Waals surface area contributed by atoms with Gasteiger partial charge in [-0.05, 0) is 49.3 Å². The monoisotopic (exact) mass is 205 g/mol. The first-order chi connectivity index (χ1) is 7.27. The fourth-order valence-corrected chi connectivity index (χ4v) is 2.61. The molecule has 0 radical (unpaired) electrons. The van der Waals surface area contributed by atoms with Crippen LogP contribution in [0.15, 0.2) is 6.07 Å². The van der Waals surface area contributed by atoms with Crippen LogP contribution in [0.5, 0.6) is 5.75 Å². The second-order valence-electron chi connectivity index (χ2n) is 4.24. The summed E-state index contributed by atoms with van der Waals surface area (Å²) in [7, 11) is 1.73. The van der Waals surface area contributed by atoms with Crippen LogP contribution in [0.3, 0.4) is 0 Å². The highest BCUT2D eigenvalue weighted by atomic mass is 16.5. The van der Waals surface area contributed by atoms with E-state index < -0.39 is 0 Å². The number of methoxy groups -OCH3 is 1. The van der Waals surface area contributed by atoms with Gasteiger partial charge in [-0.3, -0.25) is 0 Å². The highest BCUT2D eigenvalue weighted by Gasteiger charge is 2.17. The largest absolute Gasteiger partial charge is 0.496 e. The van der Waals surface area contributed by atoms with Gasteiger partial charge in [-0.2, -0.15) is 0 Å². The van der Waals surface area contributed by atoms with Crippen LogP contribution >= 0.6 is 0 Å². The second kappa shape index (κ2) is 4.23. The minimum Gasteiger partial charge on any atom is -0.496 e. The van der Waals surface area contributed by atoms with Crippen LogP contribution in [0.25, 0.3) is 0 Å². The molecule has 15 heavy (non-hydrogen) atoms. The molecule has 0 saturated carbocycles. The number of ether oxygens (including phenoxy) is 1. The molecule has 0 bridgehead atoms. The Hall–Kier alpha value is -1.02. The van der Waals surface area contributed by atoms with E-state index in [1.165, 1.54) is 42.4 Å². The van der Waals surface area contributed by atoms with E-state index in [-0.39, 0.29) is 0 Å². The first kappa shape index (κ1) is 10.5. The van der Waals surface area contributed by atoms with Crippen molar-refractivity contribution in [2.45, 2.75) is 39.2 Å². The van der Waals surface area contributed by atoms with Crippen molar-refractivity contribution >= 4 is 0 Å². The van der Waals surface area contributed by atoms with E-state index >= 15 is 0 Å². The summed E-state index contributed by atoms with van der Waals surface area (Å²) in [6.45, 7) is 2.72. The predicted molar refractivity (Wildman–Crippen MR) is 62.3 cm³/mol. The third kappa shape index (κ3) is 1.74. The Labute approximate surface area is 91.4 Å². The standard InChI is InChI=1S/C13H19NO/c1-9-12-6-4-3-5-10(12)7-11(8-14)13(9)15-2/h7H,3-6,8,14H2,1-2H3. The molecule has 2 rings (SSSR count). The zero-order chi connectivity index (χ0) is 10.8. The van der Waals surface area contributed by atoms with Crippen molar-refractivity contribution in [3.05, 3.63) is 28.3 Å². The van der Waals surface area contributed by atoms with E-state index in [0.717, 1.165) is 11.3 Å². The van der Waals surface area contributed by atoms with E-state index in [1.807, 2.05) is 0 Å². The number of nitrogens with two attached hydrogens (primary N) is 1. The first-order valence-corrected chi connectivity index (χ1v) is 5.66. The van der Waals surface area contributed by atoms with Crippen LogP contribution in [0.1, 0.15) is 35.1 Å². The van der Waals surface area contributed by atoms with E-state index in [2.05, 4.69) is 13.0 Å². The maximum Gasteiger partial charge on any atom is 0.126 e. The molecule has 0 spiro atoms. The summed E-state index contributed by atoms with van der Waals surface area (Å²) in [5, 5.41) is 0. The summed E-state index contributed by atoms with van der Waals surface area (Å²) in [5.41, 5.74) is 11.2. The van der Waals surface area contributed by atoms with Gasteiger partial charge in [0.1, 0.15) is 5.75 Å². The quantitative estimate of drug-likeness (QED) is 0.804. The molecule has 1 aliphatic carbocycles. The van der Waals surface area contributed by atoms with Gasteiger partial charge in [0.15, 0.2) is 0 Å². The third-order valence-corrected chi connectivity index (χ3v) is 3.37. The minimum absolute atomic E-state index is 0.567. The summed E-state index contributed by atoms with van der Waals surface area (Å²) < 4.78 is 5.45. The summed E-state index contributed by atoms with van der Waals surface area (Å²) in [5.74, 6) is 0.998. The van der Waals surface area contributed by atoms with Gasteiger partial charge < -0.3 is 10.5 Å². The molecule has 0 atom stereocenters. The van der Waals surface area contributed by atoms with Crippen molar-refractivity contribution in [2.75, 3.05) is 7.11 Å². The topological polar surface area (TPSA) is 35.2 Å². The lowest BCUT2D eigenvalue weighted by atomic mass is 9.86. The summed E-state index contributed by atoms with van der Waals surface area (Å²) >= 11 is 0. The molecule has 0 aliphatic heterocycles. The lowest BCUT2D eigenvalue weighted by Gasteiger charge is -2.22. The van der Waals surface area contributed by atoms with Crippen LogP contribution in [0.2, 0.25) is 0 Å². The molecule has 1 aromatic carbocycles. The van der Waals surface area contributed by atoms with Crippen molar-refractivity contribution in [1.29, 1.82) is 0 Å². The van der Waals surface area contributed by atoms with Gasteiger partial charge in [-0.25, -0.2) is 0 Å². The molecule has 1 aromatic rings. The lowest BCUT2D eigenvalue weighted by Crippen LogP contribution is -2.10. The number of rotatable bonds is 2. The van der Waals surface area contributed by atoms with Gasteiger partial charge in [0.05, 0.1) is 7.11 Å². The SMILES string of the molecule is COc1c(CN)cc2c(c1C)CCCC2. The van der Waals surface area contributed by atoms with E-state index in [4.69, 9.17) is 10.5 Å². The van der Waals surface area contributed by atoms with Gasteiger partial charge >= 0.3 is 0 Å². The molecule has 0 amide bonds. The molecule has 0 saturated heterocycles. The predicted octanol–water partition coefficient (Wildman–Crippen LogP) is 2.34. The van der Waals surface area contributed by atoms with Gasteiger partial charge in [0.25, 0.3) is 0 Å². The summed E-state index contributed by atoms with van der Waals surface area (Å²) in [4.78, 5) is 0. The molecule has 0 unspecified atom stereocenters. The van der Waals surface area contributed by atoms with Gasteiger partial charge in [0, 0.05) is 12.1 Å². The van der Waals surface area contributed by atoms with Gasteiger partial charge in [-0.15, -0.1) is 0 Å². The average Bonchev–Trinajstić information content (AvgIpc) is 2.29. The number of aryl methyl sites for hydroxylation is 1. The van der Waals surface area contributed by atoms with Crippen molar-refractivity contribution < 1.29 is 4.74 Å². The Balaban J connectivity index is 2.57.